The molecule has 3 saturated heterocycles. The molecule has 0 saturated carbocycles. The number of nitriles is 1. The van der Waals surface area contributed by atoms with Gasteiger partial charge in [-0.2, -0.15) is 15.3 Å². The van der Waals surface area contributed by atoms with Gasteiger partial charge >= 0.3 is 0 Å². The highest BCUT2D eigenvalue weighted by molar-refractivity contribution is 5.93. The molecule has 1 aromatic carbocycles. The first-order chi connectivity index (χ1) is 18.1. The summed E-state index contributed by atoms with van der Waals surface area (Å²) in [6.07, 6.45) is 6.32. The number of aryl methyl sites for hydroxylation is 1. The van der Waals surface area contributed by atoms with Crippen LogP contribution in [0.5, 0.6) is 0 Å². The molecule has 3 aliphatic heterocycles. The number of hydrogen-bond acceptors (Lipinski definition) is 9. The Hall–Kier alpha value is -3.42. The fourth-order valence-electron chi connectivity index (χ4n) is 6.16. The molecule has 3 fully saturated rings. The molecule has 0 amide bonds. The van der Waals surface area contributed by atoms with Crippen LogP contribution in [0.15, 0.2) is 24.3 Å². The molecule has 5 heterocycles. The van der Waals surface area contributed by atoms with Crippen LogP contribution in [0.2, 0.25) is 0 Å². The zero-order valence-corrected chi connectivity index (χ0v) is 21.5. The number of fused-ring (bicyclic) bond motifs is 3. The molecule has 2 aromatic heterocycles. The molecule has 3 aliphatic rings. The lowest BCUT2D eigenvalue weighted by molar-refractivity contribution is 0.0788. The van der Waals surface area contributed by atoms with E-state index in [9.17, 15) is 0 Å². The molecule has 2 bridgehead atoms. The SMILES string of the molecule is COC1CN(c2ccc3c(Nc4cc(C)[nH]n4)nc(NC4CC5CC(CCC#N)CC(C4)N5)nc3c2)C1. The predicted octanol–water partition coefficient (Wildman–Crippen LogP) is 3.85. The maximum atomic E-state index is 8.98. The van der Waals surface area contributed by atoms with Crippen molar-refractivity contribution in [3.8, 4) is 6.07 Å². The number of aromatic amines is 1. The zero-order valence-electron chi connectivity index (χ0n) is 21.5. The Balaban J connectivity index is 1.24. The topological polar surface area (TPSA) is 127 Å². The molecule has 3 aromatic rings. The summed E-state index contributed by atoms with van der Waals surface area (Å²) in [5, 5.41) is 28.1. The first-order valence-electron chi connectivity index (χ1n) is 13.3. The third kappa shape index (κ3) is 5.20. The molecular formula is C27H35N9O. The number of H-pyrrole nitrogens is 1. The van der Waals surface area contributed by atoms with E-state index in [4.69, 9.17) is 20.0 Å². The second-order valence-electron chi connectivity index (χ2n) is 10.8. The number of piperidine rings is 2. The van der Waals surface area contributed by atoms with E-state index in [0.717, 1.165) is 79.1 Å². The Labute approximate surface area is 217 Å². The van der Waals surface area contributed by atoms with Crippen molar-refractivity contribution in [3.05, 3.63) is 30.0 Å². The van der Waals surface area contributed by atoms with Crippen molar-refractivity contribution in [2.45, 2.75) is 69.7 Å². The zero-order chi connectivity index (χ0) is 25.4. The Morgan fingerprint density at radius 3 is 2.65 bits per heavy atom. The monoisotopic (exact) mass is 501 g/mol. The van der Waals surface area contributed by atoms with Gasteiger partial charge in [0, 0.05) is 67.6 Å². The van der Waals surface area contributed by atoms with Crippen LogP contribution < -0.4 is 20.9 Å². The van der Waals surface area contributed by atoms with E-state index in [-0.39, 0.29) is 6.10 Å². The van der Waals surface area contributed by atoms with Gasteiger partial charge in [0.2, 0.25) is 5.95 Å². The fourth-order valence-corrected chi connectivity index (χ4v) is 6.16. The van der Waals surface area contributed by atoms with E-state index in [1.54, 1.807) is 7.11 Å². The number of nitrogens with one attached hydrogen (secondary N) is 4. The number of rotatable bonds is 8. The first kappa shape index (κ1) is 23.9. The molecule has 2 atom stereocenters. The van der Waals surface area contributed by atoms with Crippen LogP contribution in [0, 0.1) is 24.2 Å². The maximum absolute atomic E-state index is 8.98. The Morgan fingerprint density at radius 1 is 1.14 bits per heavy atom. The van der Waals surface area contributed by atoms with E-state index in [0.29, 0.717) is 36.4 Å². The highest BCUT2D eigenvalue weighted by atomic mass is 16.5. The largest absolute Gasteiger partial charge is 0.378 e. The first-order valence-corrected chi connectivity index (χ1v) is 13.3. The summed E-state index contributed by atoms with van der Waals surface area (Å²) < 4.78 is 5.46. The van der Waals surface area contributed by atoms with Crippen molar-refractivity contribution >= 4 is 34.2 Å². The quantitative estimate of drug-likeness (QED) is 0.364. The lowest BCUT2D eigenvalue weighted by atomic mass is 9.77. The van der Waals surface area contributed by atoms with Gasteiger partial charge in [0.1, 0.15) is 5.82 Å². The van der Waals surface area contributed by atoms with Gasteiger partial charge in [-0.1, -0.05) is 0 Å². The summed E-state index contributed by atoms with van der Waals surface area (Å²) in [5.74, 6) is 2.77. The number of anilines is 4. The van der Waals surface area contributed by atoms with E-state index >= 15 is 0 Å². The van der Waals surface area contributed by atoms with Crippen LogP contribution in [0.25, 0.3) is 10.9 Å². The molecule has 6 rings (SSSR count). The summed E-state index contributed by atoms with van der Waals surface area (Å²) >= 11 is 0. The molecule has 0 radical (unpaired) electrons. The normalized spacial score (nSPS) is 25.5. The number of hydrogen-bond donors (Lipinski definition) is 4. The predicted molar refractivity (Wildman–Crippen MR) is 144 cm³/mol. The average molecular weight is 502 g/mol. The van der Waals surface area contributed by atoms with Crippen LogP contribution in [0.1, 0.15) is 44.2 Å². The Bertz CT molecular complexity index is 1280. The van der Waals surface area contributed by atoms with Crippen molar-refractivity contribution in [2.24, 2.45) is 5.92 Å². The second-order valence-corrected chi connectivity index (χ2v) is 10.8. The van der Waals surface area contributed by atoms with Crippen molar-refractivity contribution in [1.29, 1.82) is 5.26 Å². The molecule has 194 valence electrons. The van der Waals surface area contributed by atoms with E-state index in [1.807, 2.05) is 13.0 Å². The highest BCUT2D eigenvalue weighted by Gasteiger charge is 2.35. The third-order valence-corrected chi connectivity index (χ3v) is 8.02. The fraction of sp³-hybridized carbons (Fsp3) is 0.556. The van der Waals surface area contributed by atoms with Crippen LogP contribution in [-0.4, -0.2) is 64.6 Å². The standard InChI is InChI=1S/C27H35N9O/c1-16-8-25(35-34-16)32-26-23-6-5-21(36-14-22(15-36)37-2)13-24(23)31-27(33-26)30-20-11-18-9-17(4-3-7-28)10-19(12-20)29-18/h5-6,8,13,17-20,22,29H,3-4,9-12,14-15H2,1-2H3,(H3,30,31,32,33,34,35). The molecule has 37 heavy (non-hydrogen) atoms. The number of nitrogens with zero attached hydrogens (tertiary/aromatic N) is 5. The number of ether oxygens (including phenoxy) is 1. The summed E-state index contributed by atoms with van der Waals surface area (Å²) in [7, 11) is 1.77. The smallest absolute Gasteiger partial charge is 0.225 e. The lowest BCUT2D eigenvalue weighted by Gasteiger charge is -2.43. The molecule has 0 spiro atoms. The summed E-state index contributed by atoms with van der Waals surface area (Å²) in [4.78, 5) is 12.2. The number of aromatic nitrogens is 4. The van der Waals surface area contributed by atoms with Crippen molar-refractivity contribution < 1.29 is 4.74 Å². The molecule has 10 heteroatoms. The summed E-state index contributed by atoms with van der Waals surface area (Å²) in [5.41, 5.74) is 3.03. The van der Waals surface area contributed by atoms with E-state index in [1.165, 1.54) is 0 Å². The van der Waals surface area contributed by atoms with Crippen LogP contribution in [0.4, 0.5) is 23.3 Å². The van der Waals surface area contributed by atoms with Crippen molar-refractivity contribution in [2.75, 3.05) is 35.7 Å². The van der Waals surface area contributed by atoms with Crippen LogP contribution >= 0.6 is 0 Å². The van der Waals surface area contributed by atoms with Crippen LogP contribution in [-0.2, 0) is 4.74 Å². The third-order valence-electron chi connectivity index (χ3n) is 8.02. The summed E-state index contributed by atoms with van der Waals surface area (Å²) in [6, 6.07) is 11.9. The van der Waals surface area contributed by atoms with E-state index < -0.39 is 0 Å². The molecule has 0 aliphatic carbocycles. The van der Waals surface area contributed by atoms with Gasteiger partial charge in [-0.25, -0.2) is 4.98 Å². The Kier molecular flexibility index (Phi) is 6.57. The van der Waals surface area contributed by atoms with E-state index in [2.05, 4.69) is 55.3 Å². The van der Waals surface area contributed by atoms with Gasteiger partial charge in [-0.05, 0) is 63.1 Å². The van der Waals surface area contributed by atoms with Gasteiger partial charge in [-0.15, -0.1) is 0 Å². The highest BCUT2D eigenvalue weighted by Crippen LogP contribution is 2.34. The van der Waals surface area contributed by atoms with Gasteiger partial charge in [-0.3, -0.25) is 5.10 Å². The van der Waals surface area contributed by atoms with Gasteiger partial charge in [0.15, 0.2) is 5.82 Å². The molecule has 10 nitrogen and oxygen atoms in total. The maximum Gasteiger partial charge on any atom is 0.225 e. The minimum absolute atomic E-state index is 0.289. The molecule has 2 unspecified atom stereocenters. The van der Waals surface area contributed by atoms with Gasteiger partial charge < -0.3 is 25.6 Å². The second kappa shape index (κ2) is 10.1. The molecule has 4 N–H and O–H groups in total. The van der Waals surface area contributed by atoms with Crippen LogP contribution in [0.3, 0.4) is 0 Å². The van der Waals surface area contributed by atoms with Gasteiger partial charge in [0.25, 0.3) is 0 Å². The van der Waals surface area contributed by atoms with Gasteiger partial charge in [0.05, 0.1) is 17.7 Å². The lowest BCUT2D eigenvalue weighted by Crippen LogP contribution is -2.54. The minimum atomic E-state index is 0.289. The Morgan fingerprint density at radius 2 is 1.95 bits per heavy atom. The average Bonchev–Trinajstić information content (AvgIpc) is 3.26. The summed E-state index contributed by atoms with van der Waals surface area (Å²) in [6.45, 7) is 3.76. The number of benzene rings is 1. The number of methoxy groups -OCH3 is 1. The van der Waals surface area contributed by atoms with Crippen molar-refractivity contribution in [1.82, 2.24) is 25.5 Å². The van der Waals surface area contributed by atoms with Crippen molar-refractivity contribution in [3.63, 3.8) is 0 Å². The minimum Gasteiger partial charge on any atom is -0.378 e. The molecular weight excluding hydrogens is 466 g/mol.